The average molecular weight is 249 g/mol. The Morgan fingerprint density at radius 3 is 2.79 bits per heavy atom. The van der Waals surface area contributed by atoms with E-state index in [-0.39, 0.29) is 0 Å². The van der Waals surface area contributed by atoms with Crippen LogP contribution in [0.3, 0.4) is 0 Å². The number of rotatable bonds is 3. The van der Waals surface area contributed by atoms with Crippen molar-refractivity contribution in [3.63, 3.8) is 0 Å². The molecule has 0 radical (unpaired) electrons. The number of nitrogens with one attached hydrogen (secondary N) is 1. The molecule has 1 aromatic carbocycles. The second-order valence-corrected chi connectivity index (χ2v) is 4.35. The van der Waals surface area contributed by atoms with Crippen molar-refractivity contribution in [1.82, 2.24) is 9.97 Å². The van der Waals surface area contributed by atoms with E-state index in [0.717, 1.165) is 29.0 Å². The smallest absolute Gasteiger partial charge is 0.126 e. The third-order valence-corrected chi connectivity index (χ3v) is 3.05. The van der Waals surface area contributed by atoms with Gasteiger partial charge in [-0.15, -0.1) is 0 Å². The Hall–Kier alpha value is -2.42. The van der Waals surface area contributed by atoms with Gasteiger partial charge in [-0.3, -0.25) is 4.98 Å². The van der Waals surface area contributed by atoms with E-state index in [2.05, 4.69) is 34.3 Å². The lowest BCUT2D eigenvalue weighted by Crippen LogP contribution is -1.99. The zero-order valence-electron chi connectivity index (χ0n) is 10.8. The Balaban J connectivity index is 2.16. The molecule has 0 fully saturated rings. The van der Waals surface area contributed by atoms with Crippen LogP contribution in [-0.2, 0) is 0 Å². The number of hydrogen-bond donors (Lipinski definition) is 1. The molecule has 0 atom stereocenters. The number of pyridine rings is 2. The van der Waals surface area contributed by atoms with E-state index in [1.807, 2.05) is 42.7 Å². The van der Waals surface area contributed by atoms with Gasteiger partial charge in [0.15, 0.2) is 0 Å². The Morgan fingerprint density at radius 1 is 1.00 bits per heavy atom. The second kappa shape index (κ2) is 5.06. The SMILES string of the molecule is CCNc1cccc(-c2cncc3ccccc23)n1. The minimum absolute atomic E-state index is 0.865. The van der Waals surface area contributed by atoms with Crippen LogP contribution in [0.25, 0.3) is 22.0 Å². The van der Waals surface area contributed by atoms with Gasteiger partial charge in [0.2, 0.25) is 0 Å². The fourth-order valence-electron chi connectivity index (χ4n) is 2.18. The molecular weight excluding hydrogens is 234 g/mol. The quantitative estimate of drug-likeness (QED) is 0.768. The summed E-state index contributed by atoms with van der Waals surface area (Å²) in [5, 5.41) is 5.55. The topological polar surface area (TPSA) is 37.8 Å². The molecule has 0 aliphatic carbocycles. The molecule has 3 nitrogen and oxygen atoms in total. The molecule has 1 N–H and O–H groups in total. The summed E-state index contributed by atoms with van der Waals surface area (Å²) in [6, 6.07) is 14.3. The third-order valence-electron chi connectivity index (χ3n) is 3.05. The van der Waals surface area contributed by atoms with Crippen molar-refractivity contribution < 1.29 is 0 Å². The van der Waals surface area contributed by atoms with Crippen molar-refractivity contribution in [2.75, 3.05) is 11.9 Å². The summed E-state index contributed by atoms with van der Waals surface area (Å²) in [7, 11) is 0. The van der Waals surface area contributed by atoms with E-state index >= 15 is 0 Å². The first-order chi connectivity index (χ1) is 9.38. The molecule has 0 bridgehead atoms. The fraction of sp³-hybridized carbons (Fsp3) is 0.125. The first-order valence-corrected chi connectivity index (χ1v) is 6.42. The van der Waals surface area contributed by atoms with Gasteiger partial charge in [-0.2, -0.15) is 0 Å². The van der Waals surface area contributed by atoms with Crippen LogP contribution in [-0.4, -0.2) is 16.5 Å². The van der Waals surface area contributed by atoms with Crippen molar-refractivity contribution in [3.8, 4) is 11.3 Å². The predicted octanol–water partition coefficient (Wildman–Crippen LogP) is 3.73. The van der Waals surface area contributed by atoms with Crippen LogP contribution in [0.1, 0.15) is 6.92 Å². The highest BCUT2D eigenvalue weighted by Crippen LogP contribution is 2.26. The van der Waals surface area contributed by atoms with E-state index in [0.29, 0.717) is 0 Å². The summed E-state index contributed by atoms with van der Waals surface area (Å²) in [4.78, 5) is 8.94. The highest BCUT2D eigenvalue weighted by Gasteiger charge is 2.05. The van der Waals surface area contributed by atoms with E-state index < -0.39 is 0 Å². The molecule has 0 unspecified atom stereocenters. The van der Waals surface area contributed by atoms with Gasteiger partial charge in [-0.1, -0.05) is 30.3 Å². The highest BCUT2D eigenvalue weighted by molar-refractivity contribution is 5.94. The van der Waals surface area contributed by atoms with Crippen LogP contribution in [0.15, 0.2) is 54.9 Å². The van der Waals surface area contributed by atoms with Crippen molar-refractivity contribution in [3.05, 3.63) is 54.9 Å². The molecule has 0 saturated heterocycles. The van der Waals surface area contributed by atoms with Crippen molar-refractivity contribution in [2.24, 2.45) is 0 Å². The number of aromatic nitrogens is 2. The number of hydrogen-bond acceptors (Lipinski definition) is 3. The molecule has 0 aliphatic heterocycles. The Kier molecular flexibility index (Phi) is 3.11. The molecule has 0 amide bonds. The van der Waals surface area contributed by atoms with Gasteiger partial charge in [0.05, 0.1) is 5.69 Å². The lowest BCUT2D eigenvalue weighted by atomic mass is 10.1. The van der Waals surface area contributed by atoms with E-state index in [1.165, 1.54) is 5.39 Å². The fourth-order valence-corrected chi connectivity index (χ4v) is 2.18. The van der Waals surface area contributed by atoms with Crippen molar-refractivity contribution >= 4 is 16.6 Å². The standard InChI is InChI=1S/C16H15N3/c1-2-18-16-9-5-8-15(19-16)14-11-17-10-12-6-3-4-7-13(12)14/h3-11H,2H2,1H3,(H,18,19). The zero-order chi connectivity index (χ0) is 13.1. The largest absolute Gasteiger partial charge is 0.370 e. The maximum absolute atomic E-state index is 4.63. The molecule has 0 saturated carbocycles. The molecule has 3 aromatic rings. The summed E-state index contributed by atoms with van der Waals surface area (Å²) in [5.74, 6) is 0.896. The second-order valence-electron chi connectivity index (χ2n) is 4.35. The molecule has 19 heavy (non-hydrogen) atoms. The van der Waals surface area contributed by atoms with Crippen molar-refractivity contribution in [2.45, 2.75) is 6.92 Å². The summed E-state index contributed by atoms with van der Waals surface area (Å²) >= 11 is 0. The summed E-state index contributed by atoms with van der Waals surface area (Å²) in [6.07, 6.45) is 3.76. The average Bonchev–Trinajstić information content (AvgIpc) is 2.47. The van der Waals surface area contributed by atoms with Gasteiger partial charge in [0.1, 0.15) is 5.82 Å². The maximum atomic E-state index is 4.63. The summed E-state index contributed by atoms with van der Waals surface area (Å²) in [6.45, 7) is 2.93. The summed E-state index contributed by atoms with van der Waals surface area (Å²) < 4.78 is 0. The number of fused-ring (bicyclic) bond motifs is 1. The normalized spacial score (nSPS) is 10.6. The van der Waals surface area contributed by atoms with Gasteiger partial charge >= 0.3 is 0 Å². The molecule has 3 rings (SSSR count). The molecule has 2 aromatic heterocycles. The zero-order valence-corrected chi connectivity index (χ0v) is 10.8. The number of benzene rings is 1. The van der Waals surface area contributed by atoms with Crippen LogP contribution < -0.4 is 5.32 Å². The van der Waals surface area contributed by atoms with Crippen LogP contribution in [0.2, 0.25) is 0 Å². The Labute approximate surface area is 112 Å². The lowest BCUT2D eigenvalue weighted by molar-refractivity contribution is 1.16. The van der Waals surface area contributed by atoms with Crippen LogP contribution in [0, 0.1) is 0 Å². The summed E-state index contributed by atoms with van der Waals surface area (Å²) in [5.41, 5.74) is 2.01. The minimum Gasteiger partial charge on any atom is -0.370 e. The van der Waals surface area contributed by atoms with Crippen LogP contribution in [0.5, 0.6) is 0 Å². The Morgan fingerprint density at radius 2 is 1.89 bits per heavy atom. The van der Waals surface area contributed by atoms with Crippen LogP contribution in [0.4, 0.5) is 5.82 Å². The molecule has 0 spiro atoms. The van der Waals surface area contributed by atoms with Gasteiger partial charge in [-0.05, 0) is 24.4 Å². The van der Waals surface area contributed by atoms with Gasteiger partial charge in [0.25, 0.3) is 0 Å². The van der Waals surface area contributed by atoms with Gasteiger partial charge in [0, 0.05) is 29.9 Å². The van der Waals surface area contributed by atoms with Gasteiger partial charge in [-0.25, -0.2) is 4.98 Å². The number of anilines is 1. The molecule has 0 aliphatic rings. The first kappa shape index (κ1) is 11.7. The lowest BCUT2D eigenvalue weighted by Gasteiger charge is -2.08. The monoisotopic (exact) mass is 249 g/mol. The van der Waals surface area contributed by atoms with E-state index in [9.17, 15) is 0 Å². The highest BCUT2D eigenvalue weighted by atomic mass is 15.0. The molecule has 2 heterocycles. The van der Waals surface area contributed by atoms with E-state index in [4.69, 9.17) is 0 Å². The van der Waals surface area contributed by atoms with Crippen molar-refractivity contribution in [1.29, 1.82) is 0 Å². The Bertz CT molecular complexity index is 702. The number of nitrogens with zero attached hydrogens (tertiary/aromatic N) is 2. The minimum atomic E-state index is 0.865. The van der Waals surface area contributed by atoms with Gasteiger partial charge < -0.3 is 5.32 Å². The molecule has 3 heteroatoms. The van der Waals surface area contributed by atoms with Crippen LogP contribution >= 0.6 is 0 Å². The maximum Gasteiger partial charge on any atom is 0.126 e. The van der Waals surface area contributed by atoms with E-state index in [1.54, 1.807) is 0 Å². The first-order valence-electron chi connectivity index (χ1n) is 6.42. The molecular formula is C16H15N3. The molecule has 94 valence electrons. The third kappa shape index (κ3) is 2.27. The predicted molar refractivity (Wildman–Crippen MR) is 79.1 cm³/mol.